The van der Waals surface area contributed by atoms with E-state index in [1.165, 1.54) is 4.90 Å². The van der Waals surface area contributed by atoms with E-state index in [9.17, 15) is 14.4 Å². The highest BCUT2D eigenvalue weighted by molar-refractivity contribution is 6.04. The molecule has 6 heteroatoms. The highest BCUT2D eigenvalue weighted by Crippen LogP contribution is 2.14. The molecule has 134 valence electrons. The highest BCUT2D eigenvalue weighted by atomic mass is 16.2. The number of carbonyl (C=O) groups excluding carboxylic acids is 3. The summed E-state index contributed by atoms with van der Waals surface area (Å²) in [4.78, 5) is 37.7. The van der Waals surface area contributed by atoms with Crippen LogP contribution >= 0.6 is 0 Å². The third-order valence-corrected chi connectivity index (χ3v) is 4.29. The fourth-order valence-electron chi connectivity index (χ4n) is 2.89. The number of amides is 4. The van der Waals surface area contributed by atoms with Crippen molar-refractivity contribution >= 4 is 23.5 Å². The number of nitrogens with zero attached hydrogens (tertiary/aromatic N) is 1. The van der Waals surface area contributed by atoms with Gasteiger partial charge in [0.05, 0.1) is 0 Å². The standard InChI is InChI=1S/C20H21N3O3/c24-18(21-16-9-5-2-6-10-16)12-11-17-19(25)23(20(26)22-17)14-13-15-7-3-1-4-8-15/h1-10,17H,11-14H2,(H,21,24)(H,22,26). The first kappa shape index (κ1) is 17.7. The molecule has 0 radical (unpaired) electrons. The Morgan fingerprint density at radius 3 is 2.35 bits per heavy atom. The average molecular weight is 351 g/mol. The van der Waals surface area contributed by atoms with E-state index in [0.717, 1.165) is 5.56 Å². The molecule has 1 heterocycles. The predicted octanol–water partition coefficient (Wildman–Crippen LogP) is 2.57. The van der Waals surface area contributed by atoms with Crippen molar-refractivity contribution in [2.24, 2.45) is 0 Å². The zero-order valence-electron chi connectivity index (χ0n) is 14.4. The molecule has 0 aliphatic carbocycles. The zero-order chi connectivity index (χ0) is 18.4. The van der Waals surface area contributed by atoms with Crippen molar-refractivity contribution in [2.75, 3.05) is 11.9 Å². The number of carbonyl (C=O) groups is 3. The Morgan fingerprint density at radius 1 is 1.00 bits per heavy atom. The predicted molar refractivity (Wildman–Crippen MR) is 98.5 cm³/mol. The second-order valence-corrected chi connectivity index (χ2v) is 6.18. The summed E-state index contributed by atoms with van der Waals surface area (Å²) in [5.41, 5.74) is 1.78. The lowest BCUT2D eigenvalue weighted by Crippen LogP contribution is -2.33. The summed E-state index contributed by atoms with van der Waals surface area (Å²) in [6.45, 7) is 0.335. The minimum atomic E-state index is -0.639. The normalized spacial score (nSPS) is 16.5. The van der Waals surface area contributed by atoms with Gasteiger partial charge in [0.15, 0.2) is 0 Å². The van der Waals surface area contributed by atoms with E-state index in [4.69, 9.17) is 0 Å². The maximum atomic E-state index is 12.4. The number of anilines is 1. The molecule has 1 atom stereocenters. The van der Waals surface area contributed by atoms with Crippen molar-refractivity contribution in [3.63, 3.8) is 0 Å². The Labute approximate surface area is 152 Å². The molecule has 0 saturated carbocycles. The summed E-state index contributed by atoms with van der Waals surface area (Å²) in [5, 5.41) is 5.44. The summed E-state index contributed by atoms with van der Waals surface area (Å²) in [6, 6.07) is 17.8. The number of para-hydroxylation sites is 1. The van der Waals surface area contributed by atoms with Gasteiger partial charge in [0.1, 0.15) is 6.04 Å². The molecular formula is C20H21N3O3. The summed E-state index contributed by atoms with van der Waals surface area (Å²) in [7, 11) is 0. The van der Waals surface area contributed by atoms with Crippen molar-refractivity contribution in [3.8, 4) is 0 Å². The Morgan fingerprint density at radius 2 is 1.65 bits per heavy atom. The number of benzene rings is 2. The van der Waals surface area contributed by atoms with Crippen LogP contribution in [0.4, 0.5) is 10.5 Å². The van der Waals surface area contributed by atoms with Crippen molar-refractivity contribution in [2.45, 2.75) is 25.3 Å². The van der Waals surface area contributed by atoms with E-state index >= 15 is 0 Å². The lowest BCUT2D eigenvalue weighted by molar-refractivity contribution is -0.127. The van der Waals surface area contributed by atoms with Crippen LogP contribution in [0.5, 0.6) is 0 Å². The van der Waals surface area contributed by atoms with Gasteiger partial charge >= 0.3 is 6.03 Å². The lowest BCUT2D eigenvalue weighted by Gasteiger charge is -2.13. The molecule has 1 aliphatic rings. The third kappa shape index (κ3) is 4.47. The summed E-state index contributed by atoms with van der Waals surface area (Å²) in [5.74, 6) is -0.445. The van der Waals surface area contributed by atoms with E-state index in [1.807, 2.05) is 48.5 Å². The van der Waals surface area contributed by atoms with Crippen molar-refractivity contribution in [1.29, 1.82) is 0 Å². The molecule has 2 N–H and O–H groups in total. The summed E-state index contributed by atoms with van der Waals surface area (Å²) in [6.07, 6.45) is 1.06. The van der Waals surface area contributed by atoms with Crippen LogP contribution in [0.2, 0.25) is 0 Å². The smallest absolute Gasteiger partial charge is 0.324 e. The van der Waals surface area contributed by atoms with Crippen LogP contribution < -0.4 is 10.6 Å². The summed E-state index contributed by atoms with van der Waals surface area (Å²) < 4.78 is 0. The quantitative estimate of drug-likeness (QED) is 0.753. The van der Waals surface area contributed by atoms with Crippen LogP contribution in [-0.4, -0.2) is 35.3 Å². The number of urea groups is 1. The molecule has 1 unspecified atom stereocenters. The topological polar surface area (TPSA) is 78.5 Å². The molecule has 1 aliphatic heterocycles. The van der Waals surface area contributed by atoms with Crippen LogP contribution in [0.1, 0.15) is 18.4 Å². The largest absolute Gasteiger partial charge is 0.326 e. The van der Waals surface area contributed by atoms with Gasteiger partial charge in [-0.1, -0.05) is 48.5 Å². The van der Waals surface area contributed by atoms with Crippen LogP contribution in [0.15, 0.2) is 60.7 Å². The number of nitrogens with one attached hydrogen (secondary N) is 2. The van der Waals surface area contributed by atoms with Crippen LogP contribution in [-0.2, 0) is 16.0 Å². The second-order valence-electron chi connectivity index (χ2n) is 6.18. The van der Waals surface area contributed by atoms with Gasteiger partial charge in [-0.3, -0.25) is 14.5 Å². The first-order chi connectivity index (χ1) is 12.6. The monoisotopic (exact) mass is 351 g/mol. The first-order valence-corrected chi connectivity index (χ1v) is 8.64. The van der Waals surface area contributed by atoms with Gasteiger partial charge in [0.2, 0.25) is 5.91 Å². The third-order valence-electron chi connectivity index (χ3n) is 4.29. The first-order valence-electron chi connectivity index (χ1n) is 8.64. The van der Waals surface area contributed by atoms with Gasteiger partial charge in [0, 0.05) is 18.7 Å². The van der Waals surface area contributed by atoms with Gasteiger partial charge in [-0.15, -0.1) is 0 Å². The number of rotatable bonds is 7. The lowest BCUT2D eigenvalue weighted by atomic mass is 10.1. The molecule has 1 fully saturated rings. The molecule has 3 rings (SSSR count). The number of hydrogen-bond acceptors (Lipinski definition) is 3. The van der Waals surface area contributed by atoms with Gasteiger partial charge in [-0.05, 0) is 30.5 Å². The Balaban J connectivity index is 1.48. The molecule has 6 nitrogen and oxygen atoms in total. The molecular weight excluding hydrogens is 330 g/mol. The SMILES string of the molecule is O=C(CCC1NC(=O)N(CCc2ccccc2)C1=O)Nc1ccccc1. The maximum absolute atomic E-state index is 12.4. The van der Waals surface area contributed by atoms with E-state index < -0.39 is 6.04 Å². The maximum Gasteiger partial charge on any atom is 0.324 e. The van der Waals surface area contributed by atoms with Gasteiger partial charge < -0.3 is 10.6 Å². The van der Waals surface area contributed by atoms with Gasteiger partial charge in [-0.2, -0.15) is 0 Å². The molecule has 0 aromatic heterocycles. The second kappa shape index (κ2) is 8.29. The molecule has 2 aromatic carbocycles. The highest BCUT2D eigenvalue weighted by Gasteiger charge is 2.37. The van der Waals surface area contributed by atoms with Gasteiger partial charge in [0.25, 0.3) is 5.91 Å². The van der Waals surface area contributed by atoms with Crippen molar-refractivity contribution < 1.29 is 14.4 Å². The molecule has 1 saturated heterocycles. The average Bonchev–Trinajstić information content (AvgIpc) is 2.93. The van der Waals surface area contributed by atoms with E-state index in [0.29, 0.717) is 18.7 Å². The molecule has 0 bridgehead atoms. The molecule has 4 amide bonds. The molecule has 0 spiro atoms. The van der Waals surface area contributed by atoms with Crippen molar-refractivity contribution in [1.82, 2.24) is 10.2 Å². The zero-order valence-corrected chi connectivity index (χ0v) is 14.4. The fraction of sp³-hybridized carbons (Fsp3) is 0.250. The minimum absolute atomic E-state index is 0.165. The Bertz CT molecular complexity index is 777. The summed E-state index contributed by atoms with van der Waals surface area (Å²) >= 11 is 0. The Hall–Kier alpha value is -3.15. The van der Waals surface area contributed by atoms with Crippen molar-refractivity contribution in [3.05, 3.63) is 66.2 Å². The fourth-order valence-corrected chi connectivity index (χ4v) is 2.89. The number of imide groups is 1. The van der Waals surface area contributed by atoms with E-state index in [-0.39, 0.29) is 30.7 Å². The molecule has 2 aromatic rings. The van der Waals surface area contributed by atoms with E-state index in [2.05, 4.69) is 10.6 Å². The van der Waals surface area contributed by atoms with Crippen LogP contribution in [0.25, 0.3) is 0 Å². The van der Waals surface area contributed by atoms with Gasteiger partial charge in [-0.25, -0.2) is 4.79 Å². The minimum Gasteiger partial charge on any atom is -0.326 e. The van der Waals surface area contributed by atoms with Crippen LogP contribution in [0.3, 0.4) is 0 Å². The number of hydrogen-bond donors (Lipinski definition) is 2. The van der Waals surface area contributed by atoms with Crippen LogP contribution in [0, 0.1) is 0 Å². The van der Waals surface area contributed by atoms with E-state index in [1.54, 1.807) is 12.1 Å². The molecule has 26 heavy (non-hydrogen) atoms. The Kier molecular flexibility index (Phi) is 5.63.